The van der Waals surface area contributed by atoms with E-state index in [-0.39, 0.29) is 0 Å². The molecule has 0 unspecified atom stereocenters. The number of nitrogens with one attached hydrogen (secondary N) is 1. The third-order valence-electron chi connectivity index (χ3n) is 2.64. The molecule has 17 heavy (non-hydrogen) atoms. The summed E-state index contributed by atoms with van der Waals surface area (Å²) in [5.41, 5.74) is 9.40. The highest BCUT2D eigenvalue weighted by Gasteiger charge is 2.04. The Kier molecular flexibility index (Phi) is 2.37. The first-order valence-corrected chi connectivity index (χ1v) is 6.02. The van der Waals surface area contributed by atoms with Gasteiger partial charge in [-0.2, -0.15) is 0 Å². The van der Waals surface area contributed by atoms with E-state index in [1.54, 1.807) is 12.3 Å². The molecule has 2 heterocycles. The van der Waals surface area contributed by atoms with Crippen LogP contribution in [0.3, 0.4) is 0 Å². The molecular weight excluding hydrogens is 278 g/mol. The Morgan fingerprint density at radius 3 is 2.82 bits per heavy atom. The summed E-state index contributed by atoms with van der Waals surface area (Å²) in [6.45, 7) is 0. The third kappa shape index (κ3) is 1.91. The van der Waals surface area contributed by atoms with E-state index in [0.717, 1.165) is 32.5 Å². The minimum atomic E-state index is 0.717. The summed E-state index contributed by atoms with van der Waals surface area (Å²) in [7, 11) is 0. The largest absolute Gasteiger partial charge is 0.399 e. The Labute approximate surface area is 107 Å². The summed E-state index contributed by atoms with van der Waals surface area (Å²) in [5.74, 6) is 0. The number of benzene rings is 1. The van der Waals surface area contributed by atoms with Crippen LogP contribution in [0.2, 0.25) is 0 Å². The number of aromatic amines is 1. The molecule has 0 amide bonds. The molecule has 0 atom stereocenters. The van der Waals surface area contributed by atoms with Crippen LogP contribution in [0.15, 0.2) is 47.1 Å². The number of anilines is 1. The normalized spacial score (nSPS) is 10.9. The molecule has 2 aromatic heterocycles. The van der Waals surface area contributed by atoms with Crippen molar-refractivity contribution in [1.29, 1.82) is 0 Å². The molecule has 3 rings (SSSR count). The summed E-state index contributed by atoms with van der Waals surface area (Å²) in [5, 5.41) is 1.15. The highest BCUT2D eigenvalue weighted by Crippen LogP contribution is 2.25. The molecule has 3 aromatic rings. The van der Waals surface area contributed by atoms with Gasteiger partial charge in [-0.1, -0.05) is 15.9 Å². The average Bonchev–Trinajstić information content (AvgIpc) is 2.72. The number of nitrogen functional groups attached to an aromatic ring is 1. The lowest BCUT2D eigenvalue weighted by Crippen LogP contribution is -1.88. The summed E-state index contributed by atoms with van der Waals surface area (Å²) < 4.78 is 1.07. The Hall–Kier alpha value is -1.81. The van der Waals surface area contributed by atoms with Crippen LogP contribution in [0.25, 0.3) is 22.3 Å². The van der Waals surface area contributed by atoms with Crippen LogP contribution < -0.4 is 5.73 Å². The Morgan fingerprint density at radius 2 is 2.00 bits per heavy atom. The Balaban J connectivity index is 2.18. The highest BCUT2D eigenvalue weighted by molar-refractivity contribution is 9.10. The predicted molar refractivity (Wildman–Crippen MR) is 73.6 cm³/mol. The van der Waals surface area contributed by atoms with Gasteiger partial charge in [0.25, 0.3) is 0 Å². The fourth-order valence-corrected chi connectivity index (χ4v) is 2.21. The van der Waals surface area contributed by atoms with E-state index >= 15 is 0 Å². The summed E-state index contributed by atoms with van der Waals surface area (Å²) >= 11 is 3.46. The number of pyridine rings is 1. The molecule has 0 spiro atoms. The first-order valence-electron chi connectivity index (χ1n) is 5.22. The minimum absolute atomic E-state index is 0.717. The zero-order valence-electron chi connectivity index (χ0n) is 8.94. The van der Waals surface area contributed by atoms with Gasteiger partial charge in [-0.15, -0.1) is 0 Å². The van der Waals surface area contributed by atoms with Crippen molar-refractivity contribution < 1.29 is 0 Å². The molecule has 3 nitrogen and oxygen atoms in total. The van der Waals surface area contributed by atoms with E-state index in [4.69, 9.17) is 5.73 Å². The predicted octanol–water partition coefficient (Wildman–Crippen LogP) is 3.57. The molecular formula is C13H10BrN3. The van der Waals surface area contributed by atoms with Crippen molar-refractivity contribution in [3.05, 3.63) is 47.1 Å². The standard InChI is InChI=1S/C13H10BrN3/c14-9-1-2-11-8(5-9)6-13(17-11)12-7-10(15)3-4-16-12/h1-7,17H,(H2,15,16). The van der Waals surface area contributed by atoms with Gasteiger partial charge >= 0.3 is 0 Å². The monoisotopic (exact) mass is 287 g/mol. The summed E-state index contributed by atoms with van der Waals surface area (Å²) in [6, 6.07) is 11.8. The number of fused-ring (bicyclic) bond motifs is 1. The van der Waals surface area contributed by atoms with Gasteiger partial charge in [-0.3, -0.25) is 4.98 Å². The molecule has 0 aliphatic heterocycles. The van der Waals surface area contributed by atoms with Gasteiger partial charge in [0.1, 0.15) is 0 Å². The smallest absolute Gasteiger partial charge is 0.0885 e. The molecule has 84 valence electrons. The number of nitrogens with zero attached hydrogens (tertiary/aromatic N) is 1. The number of aromatic nitrogens is 2. The van der Waals surface area contributed by atoms with Crippen LogP contribution in [-0.4, -0.2) is 9.97 Å². The quantitative estimate of drug-likeness (QED) is 0.719. The molecule has 4 heteroatoms. The highest BCUT2D eigenvalue weighted by atomic mass is 79.9. The maximum Gasteiger partial charge on any atom is 0.0885 e. The van der Waals surface area contributed by atoms with Crippen LogP contribution in [0, 0.1) is 0 Å². The molecule has 0 bridgehead atoms. The zero-order chi connectivity index (χ0) is 11.8. The van der Waals surface area contributed by atoms with Gasteiger partial charge in [0.15, 0.2) is 0 Å². The SMILES string of the molecule is Nc1ccnc(-c2cc3cc(Br)ccc3[nH]2)c1. The summed E-state index contributed by atoms with van der Waals surface area (Å²) in [4.78, 5) is 7.63. The topological polar surface area (TPSA) is 54.7 Å². The fraction of sp³-hybridized carbons (Fsp3) is 0. The molecule has 0 saturated heterocycles. The number of H-pyrrole nitrogens is 1. The second kappa shape index (κ2) is 3.89. The van der Waals surface area contributed by atoms with Crippen molar-refractivity contribution >= 4 is 32.5 Å². The first kappa shape index (κ1) is 10.4. The van der Waals surface area contributed by atoms with E-state index in [1.807, 2.05) is 18.2 Å². The molecule has 0 radical (unpaired) electrons. The number of halogens is 1. The van der Waals surface area contributed by atoms with Gasteiger partial charge < -0.3 is 10.7 Å². The Bertz CT molecular complexity index is 688. The molecule has 0 saturated carbocycles. The number of hydrogen-bond donors (Lipinski definition) is 2. The summed E-state index contributed by atoms with van der Waals surface area (Å²) in [6.07, 6.45) is 1.71. The molecule has 0 aliphatic carbocycles. The van der Waals surface area contributed by atoms with E-state index in [9.17, 15) is 0 Å². The second-order valence-electron chi connectivity index (χ2n) is 3.89. The fourth-order valence-electron chi connectivity index (χ4n) is 1.84. The van der Waals surface area contributed by atoms with Crippen LogP contribution in [0.5, 0.6) is 0 Å². The van der Waals surface area contributed by atoms with Gasteiger partial charge in [-0.25, -0.2) is 0 Å². The maximum absolute atomic E-state index is 5.75. The van der Waals surface area contributed by atoms with Crippen LogP contribution in [0.1, 0.15) is 0 Å². The molecule has 0 aliphatic rings. The number of rotatable bonds is 1. The Morgan fingerprint density at radius 1 is 1.12 bits per heavy atom. The van der Waals surface area contributed by atoms with Gasteiger partial charge in [0.05, 0.1) is 11.4 Å². The van der Waals surface area contributed by atoms with Gasteiger partial charge in [-0.05, 0) is 36.4 Å². The van der Waals surface area contributed by atoms with Crippen molar-refractivity contribution in [2.24, 2.45) is 0 Å². The molecule has 1 aromatic carbocycles. The number of nitrogens with two attached hydrogens (primary N) is 1. The maximum atomic E-state index is 5.75. The van der Waals surface area contributed by atoms with Gasteiger partial charge in [0.2, 0.25) is 0 Å². The van der Waals surface area contributed by atoms with Crippen molar-refractivity contribution in [3.63, 3.8) is 0 Å². The lowest BCUT2D eigenvalue weighted by Gasteiger charge is -1.97. The van der Waals surface area contributed by atoms with Gasteiger partial charge in [0, 0.05) is 27.3 Å². The van der Waals surface area contributed by atoms with Crippen molar-refractivity contribution in [2.45, 2.75) is 0 Å². The van der Waals surface area contributed by atoms with E-state index in [0.29, 0.717) is 0 Å². The van der Waals surface area contributed by atoms with Crippen molar-refractivity contribution in [1.82, 2.24) is 9.97 Å². The first-order chi connectivity index (χ1) is 8.22. The van der Waals surface area contributed by atoms with Crippen molar-refractivity contribution in [2.75, 3.05) is 5.73 Å². The number of hydrogen-bond acceptors (Lipinski definition) is 2. The third-order valence-corrected chi connectivity index (χ3v) is 3.14. The van der Waals surface area contributed by atoms with Crippen LogP contribution in [0.4, 0.5) is 5.69 Å². The molecule has 0 fully saturated rings. The van der Waals surface area contributed by atoms with Crippen LogP contribution in [-0.2, 0) is 0 Å². The van der Waals surface area contributed by atoms with E-state index in [2.05, 4.69) is 38.0 Å². The second-order valence-corrected chi connectivity index (χ2v) is 4.80. The lowest BCUT2D eigenvalue weighted by atomic mass is 10.2. The van der Waals surface area contributed by atoms with E-state index < -0.39 is 0 Å². The minimum Gasteiger partial charge on any atom is -0.399 e. The molecule has 3 N–H and O–H groups in total. The average molecular weight is 288 g/mol. The lowest BCUT2D eigenvalue weighted by molar-refractivity contribution is 1.29. The van der Waals surface area contributed by atoms with E-state index in [1.165, 1.54) is 0 Å². The van der Waals surface area contributed by atoms with Crippen molar-refractivity contribution in [3.8, 4) is 11.4 Å². The zero-order valence-corrected chi connectivity index (χ0v) is 10.5. The van der Waals surface area contributed by atoms with Crippen LogP contribution >= 0.6 is 15.9 Å².